The maximum atomic E-state index is 12.9. The molecule has 0 unspecified atom stereocenters. The monoisotopic (exact) mass is 403 g/mol. The molecule has 30 heavy (non-hydrogen) atoms. The minimum atomic E-state index is -0.0826. The van der Waals surface area contributed by atoms with Gasteiger partial charge in [0.05, 0.1) is 11.9 Å². The summed E-state index contributed by atoms with van der Waals surface area (Å²) in [6.07, 6.45) is 6.22. The van der Waals surface area contributed by atoms with Gasteiger partial charge >= 0.3 is 0 Å². The number of fused-ring (bicyclic) bond motifs is 1. The topological polar surface area (TPSA) is 80.1 Å². The van der Waals surface area contributed by atoms with Gasteiger partial charge in [0.15, 0.2) is 0 Å². The van der Waals surface area contributed by atoms with E-state index < -0.39 is 0 Å². The second-order valence-corrected chi connectivity index (χ2v) is 7.96. The number of carbonyl (C=O) groups excluding carboxylic acids is 2. The lowest BCUT2D eigenvalue weighted by atomic mass is 10.00. The SMILES string of the molecule is CC(C)CC(=O)Nc1ccc(-n2cnc(C(=O)N3CCc4ccccc4C3)c2)nc1. The number of hydrogen-bond acceptors (Lipinski definition) is 4. The number of pyridine rings is 1. The molecule has 0 fully saturated rings. The van der Waals surface area contributed by atoms with Crippen LogP contribution < -0.4 is 5.32 Å². The van der Waals surface area contributed by atoms with Crippen LogP contribution in [0.1, 0.15) is 41.9 Å². The Balaban J connectivity index is 1.43. The lowest BCUT2D eigenvalue weighted by molar-refractivity contribution is -0.116. The van der Waals surface area contributed by atoms with Crippen LogP contribution in [0.5, 0.6) is 0 Å². The van der Waals surface area contributed by atoms with Gasteiger partial charge in [-0.2, -0.15) is 0 Å². The molecular weight excluding hydrogens is 378 g/mol. The molecule has 3 heterocycles. The van der Waals surface area contributed by atoms with Crippen molar-refractivity contribution in [2.75, 3.05) is 11.9 Å². The zero-order valence-electron chi connectivity index (χ0n) is 17.2. The maximum Gasteiger partial charge on any atom is 0.274 e. The molecule has 7 nitrogen and oxygen atoms in total. The van der Waals surface area contributed by atoms with E-state index in [2.05, 4.69) is 27.4 Å². The number of nitrogens with one attached hydrogen (secondary N) is 1. The molecule has 0 radical (unpaired) electrons. The summed E-state index contributed by atoms with van der Waals surface area (Å²) in [4.78, 5) is 35.3. The number of benzene rings is 1. The fourth-order valence-corrected chi connectivity index (χ4v) is 3.59. The Morgan fingerprint density at radius 3 is 2.63 bits per heavy atom. The molecule has 0 aliphatic carbocycles. The van der Waals surface area contributed by atoms with Crippen LogP contribution in [0.2, 0.25) is 0 Å². The van der Waals surface area contributed by atoms with Crippen LogP contribution in [0, 0.1) is 5.92 Å². The molecule has 1 aliphatic heterocycles. The fourth-order valence-electron chi connectivity index (χ4n) is 3.59. The van der Waals surface area contributed by atoms with Crippen molar-refractivity contribution < 1.29 is 9.59 Å². The van der Waals surface area contributed by atoms with E-state index in [0.29, 0.717) is 42.6 Å². The molecule has 7 heteroatoms. The van der Waals surface area contributed by atoms with Crippen LogP contribution in [0.4, 0.5) is 5.69 Å². The van der Waals surface area contributed by atoms with Gasteiger partial charge < -0.3 is 10.2 Å². The lowest BCUT2D eigenvalue weighted by Gasteiger charge is -2.28. The summed E-state index contributed by atoms with van der Waals surface area (Å²) in [6.45, 7) is 5.29. The van der Waals surface area contributed by atoms with Gasteiger partial charge in [0.1, 0.15) is 17.8 Å². The van der Waals surface area contributed by atoms with Crippen LogP contribution in [0.25, 0.3) is 5.82 Å². The van der Waals surface area contributed by atoms with Crippen LogP contribution in [0.15, 0.2) is 55.1 Å². The predicted octanol–water partition coefficient (Wildman–Crippen LogP) is 3.45. The van der Waals surface area contributed by atoms with E-state index in [1.807, 2.05) is 30.9 Å². The average Bonchev–Trinajstić information content (AvgIpc) is 3.23. The highest BCUT2D eigenvalue weighted by atomic mass is 16.2. The smallest absolute Gasteiger partial charge is 0.274 e. The highest BCUT2D eigenvalue weighted by Crippen LogP contribution is 2.20. The van der Waals surface area contributed by atoms with E-state index in [1.165, 1.54) is 11.1 Å². The summed E-state index contributed by atoms with van der Waals surface area (Å²) >= 11 is 0. The summed E-state index contributed by atoms with van der Waals surface area (Å²) in [7, 11) is 0. The van der Waals surface area contributed by atoms with E-state index in [4.69, 9.17) is 0 Å². The van der Waals surface area contributed by atoms with Gasteiger partial charge in [0, 0.05) is 25.7 Å². The number of anilines is 1. The molecule has 2 aromatic heterocycles. The Morgan fingerprint density at radius 2 is 1.90 bits per heavy atom. The second kappa shape index (κ2) is 8.49. The van der Waals surface area contributed by atoms with Crippen molar-refractivity contribution in [3.05, 3.63) is 71.9 Å². The molecule has 3 aromatic rings. The third-order valence-electron chi connectivity index (χ3n) is 5.11. The van der Waals surface area contributed by atoms with E-state index in [1.54, 1.807) is 35.4 Å². The van der Waals surface area contributed by atoms with Crippen LogP contribution in [-0.4, -0.2) is 37.8 Å². The first-order valence-corrected chi connectivity index (χ1v) is 10.2. The first kappa shape index (κ1) is 19.8. The van der Waals surface area contributed by atoms with E-state index in [-0.39, 0.29) is 11.8 Å². The van der Waals surface area contributed by atoms with Crippen LogP contribution in [0.3, 0.4) is 0 Å². The number of rotatable bonds is 5. The van der Waals surface area contributed by atoms with Crippen molar-refractivity contribution in [2.24, 2.45) is 5.92 Å². The third-order valence-corrected chi connectivity index (χ3v) is 5.11. The molecule has 1 N–H and O–H groups in total. The van der Waals surface area contributed by atoms with E-state index >= 15 is 0 Å². The molecule has 1 aliphatic rings. The largest absolute Gasteiger partial charge is 0.333 e. The molecule has 0 spiro atoms. The number of carbonyl (C=O) groups is 2. The second-order valence-electron chi connectivity index (χ2n) is 7.96. The van der Waals surface area contributed by atoms with Crippen LogP contribution >= 0.6 is 0 Å². The van der Waals surface area contributed by atoms with E-state index in [9.17, 15) is 9.59 Å². The Bertz CT molecular complexity index is 1060. The number of aromatic nitrogens is 3. The van der Waals surface area contributed by atoms with E-state index in [0.717, 1.165) is 6.42 Å². The molecular formula is C23H25N5O2. The molecule has 1 aromatic carbocycles. The standard InChI is InChI=1S/C23H25N5O2/c1-16(2)11-22(29)26-19-7-8-21(24-12-19)28-14-20(25-15-28)23(30)27-10-9-17-5-3-4-6-18(17)13-27/h3-8,12,14-16H,9-11,13H2,1-2H3,(H,26,29). The first-order chi connectivity index (χ1) is 14.5. The fraction of sp³-hybridized carbons (Fsp3) is 0.304. The minimum Gasteiger partial charge on any atom is -0.333 e. The average molecular weight is 403 g/mol. The summed E-state index contributed by atoms with van der Waals surface area (Å²) < 4.78 is 1.71. The molecule has 154 valence electrons. The van der Waals surface area contributed by atoms with Crippen molar-refractivity contribution in [2.45, 2.75) is 33.2 Å². The van der Waals surface area contributed by atoms with Gasteiger partial charge in [-0.15, -0.1) is 0 Å². The maximum absolute atomic E-state index is 12.9. The van der Waals surface area contributed by atoms with Gasteiger partial charge in [-0.05, 0) is 35.6 Å². The summed E-state index contributed by atoms with van der Waals surface area (Å²) in [5.41, 5.74) is 3.53. The normalized spacial score (nSPS) is 13.2. The highest BCUT2D eigenvalue weighted by Gasteiger charge is 2.23. The van der Waals surface area contributed by atoms with Gasteiger partial charge in [-0.25, -0.2) is 9.97 Å². The molecule has 0 atom stereocenters. The summed E-state index contributed by atoms with van der Waals surface area (Å²) in [5, 5.41) is 2.84. The van der Waals surface area contributed by atoms with Crippen molar-refractivity contribution in [3.63, 3.8) is 0 Å². The number of imidazole rings is 1. The predicted molar refractivity (Wildman–Crippen MR) is 114 cm³/mol. The zero-order valence-corrected chi connectivity index (χ0v) is 17.2. The quantitative estimate of drug-likeness (QED) is 0.708. The minimum absolute atomic E-state index is 0.0295. The highest BCUT2D eigenvalue weighted by molar-refractivity contribution is 5.92. The Hall–Kier alpha value is -3.48. The first-order valence-electron chi connectivity index (χ1n) is 10.2. The Morgan fingerprint density at radius 1 is 1.10 bits per heavy atom. The van der Waals surface area contributed by atoms with Crippen molar-refractivity contribution in [1.82, 2.24) is 19.4 Å². The van der Waals surface area contributed by atoms with Crippen LogP contribution in [-0.2, 0) is 17.8 Å². The Labute approximate surface area is 175 Å². The van der Waals surface area contributed by atoms with Gasteiger partial charge in [0.25, 0.3) is 5.91 Å². The van der Waals surface area contributed by atoms with Crippen molar-refractivity contribution in [3.8, 4) is 5.82 Å². The molecule has 0 saturated heterocycles. The lowest BCUT2D eigenvalue weighted by Crippen LogP contribution is -2.36. The number of amides is 2. The number of hydrogen-bond donors (Lipinski definition) is 1. The summed E-state index contributed by atoms with van der Waals surface area (Å²) in [6, 6.07) is 11.8. The number of nitrogens with zero attached hydrogens (tertiary/aromatic N) is 4. The van der Waals surface area contributed by atoms with Crippen molar-refractivity contribution >= 4 is 17.5 Å². The van der Waals surface area contributed by atoms with Crippen molar-refractivity contribution in [1.29, 1.82) is 0 Å². The van der Waals surface area contributed by atoms with Gasteiger partial charge in [0.2, 0.25) is 5.91 Å². The molecule has 0 bridgehead atoms. The Kier molecular flexibility index (Phi) is 5.61. The molecule has 0 saturated carbocycles. The van der Waals surface area contributed by atoms with Gasteiger partial charge in [-0.3, -0.25) is 14.2 Å². The summed E-state index contributed by atoms with van der Waals surface area (Å²) in [5.74, 6) is 0.818. The molecule has 2 amide bonds. The van der Waals surface area contributed by atoms with Gasteiger partial charge in [-0.1, -0.05) is 38.1 Å². The third kappa shape index (κ3) is 4.40. The molecule has 4 rings (SSSR count). The zero-order chi connectivity index (χ0) is 21.1.